The van der Waals surface area contributed by atoms with Gasteiger partial charge in [0.2, 0.25) is 0 Å². The molecule has 2 amide bonds. The molecule has 0 aliphatic carbocycles. The number of hydrogen-bond acceptors (Lipinski definition) is 4. The Kier molecular flexibility index (Phi) is 5.81. The molecule has 0 bridgehead atoms. The van der Waals surface area contributed by atoms with E-state index >= 15 is 0 Å². The summed E-state index contributed by atoms with van der Waals surface area (Å²) >= 11 is 0. The van der Waals surface area contributed by atoms with Crippen LogP contribution in [0.2, 0.25) is 0 Å². The van der Waals surface area contributed by atoms with Gasteiger partial charge >= 0.3 is 0 Å². The molecule has 0 aromatic heterocycles. The minimum atomic E-state index is -0.281. The summed E-state index contributed by atoms with van der Waals surface area (Å²) < 4.78 is 5.77. The van der Waals surface area contributed by atoms with Crippen LogP contribution in [0.15, 0.2) is 48.5 Å². The number of amides is 2. The summed E-state index contributed by atoms with van der Waals surface area (Å²) in [7, 11) is 0. The minimum absolute atomic E-state index is 0.0189. The molecule has 0 spiro atoms. The van der Waals surface area contributed by atoms with Crippen LogP contribution in [0.1, 0.15) is 58.6 Å². The number of rotatable bonds is 7. The SMILES string of the molecule is CCCNC(=O)c1cccc(NC2c3ccccc3C(=O)N2CC2CCCO2)c1. The van der Waals surface area contributed by atoms with Gasteiger partial charge in [0.1, 0.15) is 6.17 Å². The zero-order valence-corrected chi connectivity index (χ0v) is 16.7. The van der Waals surface area contributed by atoms with Crippen LogP contribution in [0.25, 0.3) is 0 Å². The molecule has 1 fully saturated rings. The van der Waals surface area contributed by atoms with Crippen LogP contribution >= 0.6 is 0 Å². The van der Waals surface area contributed by atoms with E-state index in [2.05, 4.69) is 10.6 Å². The first-order valence-corrected chi connectivity index (χ1v) is 10.3. The lowest BCUT2D eigenvalue weighted by atomic mass is 10.1. The maximum absolute atomic E-state index is 13.0. The maximum Gasteiger partial charge on any atom is 0.256 e. The van der Waals surface area contributed by atoms with Gasteiger partial charge in [-0.2, -0.15) is 0 Å². The average Bonchev–Trinajstić information content (AvgIpc) is 3.35. The van der Waals surface area contributed by atoms with Crippen LogP contribution < -0.4 is 10.6 Å². The lowest BCUT2D eigenvalue weighted by Gasteiger charge is -2.29. The molecule has 4 rings (SSSR count). The molecule has 2 unspecified atom stereocenters. The second-order valence-electron chi connectivity index (χ2n) is 7.56. The van der Waals surface area contributed by atoms with Crippen LogP contribution in [0.5, 0.6) is 0 Å². The highest BCUT2D eigenvalue weighted by molar-refractivity contribution is 5.99. The topological polar surface area (TPSA) is 70.7 Å². The number of ether oxygens (including phenoxy) is 1. The van der Waals surface area contributed by atoms with Crippen LogP contribution in [0, 0.1) is 0 Å². The fourth-order valence-corrected chi connectivity index (χ4v) is 3.97. The van der Waals surface area contributed by atoms with E-state index in [1.54, 1.807) is 6.07 Å². The Bertz CT molecular complexity index is 892. The van der Waals surface area contributed by atoms with Crippen LogP contribution in [-0.4, -0.2) is 42.5 Å². The number of hydrogen-bond donors (Lipinski definition) is 2. The van der Waals surface area contributed by atoms with E-state index in [4.69, 9.17) is 4.74 Å². The van der Waals surface area contributed by atoms with Crippen molar-refractivity contribution in [3.63, 3.8) is 0 Å². The molecule has 2 heterocycles. The number of nitrogens with zero attached hydrogens (tertiary/aromatic N) is 1. The summed E-state index contributed by atoms with van der Waals surface area (Å²) in [6.45, 7) is 3.99. The summed E-state index contributed by atoms with van der Waals surface area (Å²) in [5.74, 6) is -0.0694. The highest BCUT2D eigenvalue weighted by Crippen LogP contribution is 2.35. The van der Waals surface area contributed by atoms with E-state index in [0.717, 1.165) is 42.7 Å². The molecule has 29 heavy (non-hydrogen) atoms. The zero-order valence-electron chi connectivity index (χ0n) is 16.7. The highest BCUT2D eigenvalue weighted by atomic mass is 16.5. The molecule has 1 saturated heterocycles. The second kappa shape index (κ2) is 8.66. The summed E-state index contributed by atoms with van der Waals surface area (Å²) in [5, 5.41) is 6.37. The first-order chi connectivity index (χ1) is 14.2. The number of carbonyl (C=O) groups excluding carboxylic acids is 2. The van der Waals surface area contributed by atoms with Crippen molar-refractivity contribution in [3.8, 4) is 0 Å². The fourth-order valence-electron chi connectivity index (χ4n) is 3.97. The highest BCUT2D eigenvalue weighted by Gasteiger charge is 2.38. The molecule has 152 valence electrons. The summed E-state index contributed by atoms with van der Waals surface area (Å²) in [4.78, 5) is 27.2. The van der Waals surface area contributed by atoms with Gasteiger partial charge in [-0.25, -0.2) is 0 Å². The molecule has 0 radical (unpaired) electrons. The van der Waals surface area contributed by atoms with Crippen molar-refractivity contribution in [1.29, 1.82) is 0 Å². The van der Waals surface area contributed by atoms with Crippen molar-refractivity contribution >= 4 is 17.5 Å². The molecule has 6 heteroatoms. The van der Waals surface area contributed by atoms with E-state index in [-0.39, 0.29) is 24.1 Å². The van der Waals surface area contributed by atoms with Gasteiger partial charge < -0.3 is 20.3 Å². The van der Waals surface area contributed by atoms with Crippen molar-refractivity contribution < 1.29 is 14.3 Å². The smallest absolute Gasteiger partial charge is 0.256 e. The number of benzene rings is 2. The largest absolute Gasteiger partial charge is 0.376 e. The summed E-state index contributed by atoms with van der Waals surface area (Å²) in [5.41, 5.74) is 3.09. The number of anilines is 1. The Labute approximate surface area is 171 Å². The van der Waals surface area contributed by atoms with Crippen molar-refractivity contribution in [2.75, 3.05) is 25.0 Å². The second-order valence-corrected chi connectivity index (χ2v) is 7.56. The molecule has 2 aliphatic heterocycles. The van der Waals surface area contributed by atoms with Gasteiger partial charge in [0, 0.05) is 42.1 Å². The van der Waals surface area contributed by atoms with Gasteiger partial charge in [-0.05, 0) is 43.5 Å². The Morgan fingerprint density at radius 1 is 1.21 bits per heavy atom. The Morgan fingerprint density at radius 3 is 2.86 bits per heavy atom. The molecule has 2 aromatic carbocycles. The number of fused-ring (bicyclic) bond motifs is 1. The lowest BCUT2D eigenvalue weighted by molar-refractivity contribution is 0.0488. The number of carbonyl (C=O) groups is 2. The summed E-state index contributed by atoms with van der Waals surface area (Å²) in [6.07, 6.45) is 2.69. The molecule has 2 N–H and O–H groups in total. The first-order valence-electron chi connectivity index (χ1n) is 10.3. The van der Waals surface area contributed by atoms with Gasteiger partial charge in [-0.3, -0.25) is 9.59 Å². The molecular weight excluding hydrogens is 366 g/mol. The van der Waals surface area contributed by atoms with Crippen molar-refractivity contribution in [3.05, 3.63) is 65.2 Å². The molecule has 2 aliphatic rings. The predicted octanol–water partition coefficient (Wildman–Crippen LogP) is 3.57. The van der Waals surface area contributed by atoms with E-state index in [0.29, 0.717) is 18.7 Å². The van der Waals surface area contributed by atoms with E-state index in [9.17, 15) is 9.59 Å². The van der Waals surface area contributed by atoms with Gasteiger partial charge in [0.25, 0.3) is 11.8 Å². The van der Waals surface area contributed by atoms with Crippen LogP contribution in [-0.2, 0) is 4.74 Å². The average molecular weight is 393 g/mol. The van der Waals surface area contributed by atoms with Gasteiger partial charge in [0.15, 0.2) is 0 Å². The number of nitrogens with one attached hydrogen (secondary N) is 2. The van der Waals surface area contributed by atoms with Crippen LogP contribution in [0.3, 0.4) is 0 Å². The molecule has 2 aromatic rings. The van der Waals surface area contributed by atoms with Gasteiger partial charge in [0.05, 0.1) is 6.10 Å². The van der Waals surface area contributed by atoms with Crippen molar-refractivity contribution in [1.82, 2.24) is 10.2 Å². The predicted molar refractivity (Wildman–Crippen MR) is 112 cm³/mol. The van der Waals surface area contributed by atoms with E-state index < -0.39 is 0 Å². The third-order valence-electron chi connectivity index (χ3n) is 5.45. The van der Waals surface area contributed by atoms with Gasteiger partial charge in [-0.1, -0.05) is 31.2 Å². The Hall–Kier alpha value is -2.86. The Balaban J connectivity index is 1.58. The summed E-state index contributed by atoms with van der Waals surface area (Å²) in [6, 6.07) is 15.1. The third kappa shape index (κ3) is 4.12. The third-order valence-corrected chi connectivity index (χ3v) is 5.45. The standard InChI is InChI=1S/C23H27N3O3/c1-2-12-24-22(27)16-7-5-8-17(14-16)25-21-19-10-3-4-11-20(19)23(28)26(21)15-18-9-6-13-29-18/h3-5,7-8,10-11,14,18,21,25H,2,6,9,12-13,15H2,1H3,(H,24,27). The maximum atomic E-state index is 13.0. The van der Waals surface area contributed by atoms with Crippen molar-refractivity contribution in [2.24, 2.45) is 0 Å². The van der Waals surface area contributed by atoms with Crippen LogP contribution in [0.4, 0.5) is 5.69 Å². The zero-order chi connectivity index (χ0) is 20.2. The van der Waals surface area contributed by atoms with E-state index in [1.165, 1.54) is 0 Å². The molecule has 6 nitrogen and oxygen atoms in total. The molecular formula is C23H27N3O3. The fraction of sp³-hybridized carbons (Fsp3) is 0.391. The van der Waals surface area contributed by atoms with Crippen molar-refractivity contribution in [2.45, 2.75) is 38.5 Å². The normalized spacial score (nSPS) is 20.6. The minimum Gasteiger partial charge on any atom is -0.376 e. The quantitative estimate of drug-likeness (QED) is 0.754. The monoisotopic (exact) mass is 393 g/mol. The lowest BCUT2D eigenvalue weighted by Crippen LogP contribution is -2.38. The van der Waals surface area contributed by atoms with E-state index in [1.807, 2.05) is 54.3 Å². The van der Waals surface area contributed by atoms with Gasteiger partial charge in [-0.15, -0.1) is 0 Å². The Morgan fingerprint density at radius 2 is 2.07 bits per heavy atom. The molecule has 2 atom stereocenters. The first kappa shape index (κ1) is 19.5. The molecule has 0 saturated carbocycles.